The van der Waals surface area contributed by atoms with Crippen LogP contribution in [0, 0.1) is 18.8 Å². The molecule has 0 aliphatic heterocycles. The van der Waals surface area contributed by atoms with Crippen LogP contribution < -0.4 is 0 Å². The monoisotopic (exact) mass is 294 g/mol. The molecule has 0 fully saturated rings. The molecule has 0 spiro atoms. The van der Waals surface area contributed by atoms with E-state index in [-0.39, 0.29) is 0 Å². The summed E-state index contributed by atoms with van der Waals surface area (Å²) in [6.45, 7) is 6.46. The molecule has 0 radical (unpaired) electrons. The summed E-state index contributed by atoms with van der Waals surface area (Å²) in [4.78, 5) is 4.33. The van der Waals surface area contributed by atoms with E-state index in [1.165, 1.54) is 11.5 Å². The molecule has 2 nitrogen and oxygen atoms in total. The first-order chi connectivity index (χ1) is 6.63. The minimum Gasteiger partial charge on any atom is -0.213 e. The smallest absolute Gasteiger partial charge is 0.170 e. The van der Waals surface area contributed by atoms with Crippen molar-refractivity contribution in [2.75, 3.05) is 11.1 Å². The van der Waals surface area contributed by atoms with Gasteiger partial charge >= 0.3 is 0 Å². The topological polar surface area (TPSA) is 25.8 Å². The maximum Gasteiger partial charge on any atom is 0.170 e. The maximum atomic E-state index is 4.33. The summed E-state index contributed by atoms with van der Waals surface area (Å²) in [5.74, 6) is 3.44. The molecule has 1 heterocycles. The van der Waals surface area contributed by atoms with E-state index < -0.39 is 0 Å². The van der Waals surface area contributed by atoms with E-state index in [0.29, 0.717) is 5.92 Å². The third-order valence-corrected chi connectivity index (χ3v) is 5.02. The summed E-state index contributed by atoms with van der Waals surface area (Å²) in [6, 6.07) is 0. The number of aryl methyl sites for hydroxylation is 1. The molecule has 0 aliphatic carbocycles. The van der Waals surface area contributed by atoms with Crippen LogP contribution in [0.4, 0.5) is 0 Å². The highest BCUT2D eigenvalue weighted by Crippen LogP contribution is 2.26. The molecule has 80 valence electrons. The van der Waals surface area contributed by atoms with Crippen molar-refractivity contribution in [3.8, 4) is 0 Å². The van der Waals surface area contributed by atoms with Crippen molar-refractivity contribution in [1.29, 1.82) is 0 Å². The van der Waals surface area contributed by atoms with Crippen LogP contribution in [0.1, 0.15) is 19.7 Å². The molecular formula is C9H15BrN2S2. The van der Waals surface area contributed by atoms with Gasteiger partial charge in [-0.05, 0) is 30.3 Å². The normalized spacial score (nSPS) is 13.5. The van der Waals surface area contributed by atoms with Gasteiger partial charge < -0.3 is 0 Å². The predicted octanol–water partition coefficient (Wildman–Crippen LogP) is 3.61. The lowest BCUT2D eigenvalue weighted by atomic mass is 10.0. The lowest BCUT2D eigenvalue weighted by Crippen LogP contribution is -2.12. The SMILES string of the molecule is Cc1nsc(SCC(CBr)C(C)C)n1. The highest BCUT2D eigenvalue weighted by atomic mass is 79.9. The molecule has 0 aromatic carbocycles. The Labute approximate surface area is 102 Å². The molecular weight excluding hydrogens is 280 g/mol. The molecule has 0 bridgehead atoms. The van der Waals surface area contributed by atoms with Crippen LogP contribution in [0.25, 0.3) is 0 Å². The molecule has 1 atom stereocenters. The van der Waals surface area contributed by atoms with E-state index in [0.717, 1.165) is 27.2 Å². The molecule has 1 unspecified atom stereocenters. The average molecular weight is 295 g/mol. The summed E-state index contributed by atoms with van der Waals surface area (Å²) in [7, 11) is 0. The number of thioether (sulfide) groups is 1. The van der Waals surface area contributed by atoms with Gasteiger partial charge in [0.15, 0.2) is 4.34 Å². The second-order valence-electron chi connectivity index (χ2n) is 3.58. The van der Waals surface area contributed by atoms with Gasteiger partial charge in [0.2, 0.25) is 0 Å². The summed E-state index contributed by atoms with van der Waals surface area (Å²) < 4.78 is 5.26. The Kier molecular flexibility index (Phi) is 5.41. The highest BCUT2D eigenvalue weighted by Gasteiger charge is 2.13. The fraction of sp³-hybridized carbons (Fsp3) is 0.778. The lowest BCUT2D eigenvalue weighted by Gasteiger charge is -2.16. The van der Waals surface area contributed by atoms with E-state index in [2.05, 4.69) is 39.1 Å². The standard InChI is InChI=1S/C9H15BrN2S2/c1-6(2)8(4-10)5-13-9-11-7(3)12-14-9/h6,8H,4-5H2,1-3H3. The van der Waals surface area contributed by atoms with Crippen molar-refractivity contribution < 1.29 is 0 Å². The Hall–Kier alpha value is 0.390. The van der Waals surface area contributed by atoms with Crippen molar-refractivity contribution in [1.82, 2.24) is 9.36 Å². The second-order valence-corrected chi connectivity index (χ2v) is 6.24. The maximum absolute atomic E-state index is 4.33. The van der Waals surface area contributed by atoms with Crippen LogP contribution in [0.5, 0.6) is 0 Å². The molecule has 0 saturated carbocycles. The number of aromatic nitrogens is 2. The Balaban J connectivity index is 2.39. The van der Waals surface area contributed by atoms with Gasteiger partial charge in [0.25, 0.3) is 0 Å². The Morgan fingerprint density at radius 2 is 2.21 bits per heavy atom. The number of nitrogens with zero attached hydrogens (tertiary/aromatic N) is 2. The Morgan fingerprint density at radius 3 is 2.64 bits per heavy atom. The van der Waals surface area contributed by atoms with Crippen molar-refractivity contribution in [2.45, 2.75) is 25.1 Å². The van der Waals surface area contributed by atoms with Gasteiger partial charge in [-0.3, -0.25) is 0 Å². The van der Waals surface area contributed by atoms with Crippen molar-refractivity contribution in [3.63, 3.8) is 0 Å². The first kappa shape index (κ1) is 12.5. The molecule has 14 heavy (non-hydrogen) atoms. The molecule has 0 N–H and O–H groups in total. The molecule has 0 aliphatic rings. The summed E-state index contributed by atoms with van der Waals surface area (Å²) >= 11 is 6.87. The Bertz CT molecular complexity index is 276. The van der Waals surface area contributed by atoms with E-state index in [1.807, 2.05) is 18.7 Å². The van der Waals surface area contributed by atoms with E-state index >= 15 is 0 Å². The number of halogens is 1. The zero-order valence-electron chi connectivity index (χ0n) is 8.66. The lowest BCUT2D eigenvalue weighted by molar-refractivity contribution is 0.474. The van der Waals surface area contributed by atoms with Gasteiger partial charge in [-0.1, -0.05) is 41.5 Å². The van der Waals surface area contributed by atoms with Crippen LogP contribution >= 0.6 is 39.2 Å². The molecule has 1 aromatic heterocycles. The largest absolute Gasteiger partial charge is 0.213 e. The minimum atomic E-state index is 0.712. The molecule has 0 saturated heterocycles. The van der Waals surface area contributed by atoms with Crippen molar-refractivity contribution in [3.05, 3.63) is 5.82 Å². The number of hydrogen-bond donors (Lipinski definition) is 0. The van der Waals surface area contributed by atoms with Crippen LogP contribution in [-0.4, -0.2) is 20.4 Å². The van der Waals surface area contributed by atoms with Gasteiger partial charge in [0.05, 0.1) is 0 Å². The highest BCUT2D eigenvalue weighted by molar-refractivity contribution is 9.09. The third kappa shape index (κ3) is 3.87. The third-order valence-electron chi connectivity index (χ3n) is 2.07. The average Bonchev–Trinajstić information content (AvgIpc) is 2.52. The van der Waals surface area contributed by atoms with Crippen LogP contribution in [0.3, 0.4) is 0 Å². The van der Waals surface area contributed by atoms with Gasteiger partial charge in [-0.15, -0.1) is 0 Å². The van der Waals surface area contributed by atoms with Crippen molar-refractivity contribution >= 4 is 39.2 Å². The van der Waals surface area contributed by atoms with Crippen molar-refractivity contribution in [2.24, 2.45) is 11.8 Å². The zero-order chi connectivity index (χ0) is 10.6. The quantitative estimate of drug-likeness (QED) is 0.613. The zero-order valence-corrected chi connectivity index (χ0v) is 11.9. The fourth-order valence-corrected chi connectivity index (χ4v) is 4.22. The molecule has 0 amide bonds. The van der Waals surface area contributed by atoms with Gasteiger partial charge in [-0.2, -0.15) is 4.37 Å². The second kappa shape index (κ2) is 6.08. The first-order valence-corrected chi connectivity index (χ1v) is 7.50. The van der Waals surface area contributed by atoms with Crippen LogP contribution in [0.15, 0.2) is 4.34 Å². The molecule has 5 heteroatoms. The van der Waals surface area contributed by atoms with Gasteiger partial charge in [-0.25, -0.2) is 4.98 Å². The van der Waals surface area contributed by atoms with E-state index in [1.54, 1.807) is 0 Å². The van der Waals surface area contributed by atoms with E-state index in [9.17, 15) is 0 Å². The number of rotatable bonds is 5. The summed E-state index contributed by atoms with van der Waals surface area (Å²) in [5, 5.41) is 1.06. The minimum absolute atomic E-state index is 0.712. The van der Waals surface area contributed by atoms with Crippen LogP contribution in [-0.2, 0) is 0 Å². The predicted molar refractivity (Wildman–Crippen MR) is 67.5 cm³/mol. The number of alkyl halides is 1. The Morgan fingerprint density at radius 1 is 1.50 bits per heavy atom. The van der Waals surface area contributed by atoms with Gasteiger partial charge in [0.1, 0.15) is 5.82 Å². The fourth-order valence-electron chi connectivity index (χ4n) is 0.930. The van der Waals surface area contributed by atoms with E-state index in [4.69, 9.17) is 0 Å². The molecule has 1 aromatic rings. The van der Waals surface area contributed by atoms with Crippen LogP contribution in [0.2, 0.25) is 0 Å². The summed E-state index contributed by atoms with van der Waals surface area (Å²) in [5.41, 5.74) is 0. The number of hydrogen-bond acceptors (Lipinski definition) is 4. The first-order valence-electron chi connectivity index (χ1n) is 4.62. The molecule has 1 rings (SSSR count). The summed E-state index contributed by atoms with van der Waals surface area (Å²) in [6.07, 6.45) is 0. The van der Waals surface area contributed by atoms with Gasteiger partial charge in [0, 0.05) is 11.1 Å².